The number of benzene rings is 2. The maximum Gasteiger partial charge on any atom is 0.436 e. The summed E-state index contributed by atoms with van der Waals surface area (Å²) in [4.78, 5) is 12.5. The van der Waals surface area contributed by atoms with Gasteiger partial charge in [-0.15, -0.1) is 0 Å². The number of halogens is 4. The van der Waals surface area contributed by atoms with Crippen molar-refractivity contribution in [2.75, 3.05) is 5.32 Å². The maximum atomic E-state index is 13.0. The van der Waals surface area contributed by atoms with Crippen LogP contribution in [0.5, 0.6) is 0 Å². The van der Waals surface area contributed by atoms with Crippen LogP contribution in [-0.2, 0) is 19.8 Å². The van der Waals surface area contributed by atoms with E-state index in [4.69, 9.17) is 0 Å². The van der Waals surface area contributed by atoms with Gasteiger partial charge in [-0.1, -0.05) is 42.5 Å². The van der Waals surface area contributed by atoms with E-state index in [0.29, 0.717) is 12.2 Å². The first kappa shape index (κ1) is 20.1. The summed E-state index contributed by atoms with van der Waals surface area (Å²) in [6.45, 7) is 0.477. The molecule has 1 amide bonds. The van der Waals surface area contributed by atoms with Gasteiger partial charge in [0.05, 0.1) is 22.9 Å². The number of nitrogens with zero attached hydrogens (tertiary/aromatic N) is 4. The van der Waals surface area contributed by atoms with Gasteiger partial charge in [-0.05, 0) is 32.3 Å². The van der Waals surface area contributed by atoms with Crippen LogP contribution in [0.4, 0.5) is 18.9 Å². The minimum absolute atomic E-state index is 0.232. The SMILES string of the molecule is Cn1nc(C(F)(F)F)c(Br)c1C(=O)Nc1cnn(Cc2cccc3ccccc23)c1. The Balaban J connectivity index is 1.54. The number of carbonyl (C=O) groups excluding carboxylic acids is 1. The largest absolute Gasteiger partial charge is 0.436 e. The molecule has 0 radical (unpaired) electrons. The molecule has 4 rings (SSSR count). The van der Waals surface area contributed by atoms with E-state index in [-0.39, 0.29) is 5.69 Å². The number of hydrogen-bond donors (Lipinski definition) is 1. The van der Waals surface area contributed by atoms with Gasteiger partial charge in [0, 0.05) is 13.2 Å². The van der Waals surface area contributed by atoms with Crippen molar-refractivity contribution in [2.45, 2.75) is 12.7 Å². The molecule has 0 fully saturated rings. The van der Waals surface area contributed by atoms with Crippen molar-refractivity contribution in [1.82, 2.24) is 19.6 Å². The molecule has 30 heavy (non-hydrogen) atoms. The molecule has 2 aromatic carbocycles. The Morgan fingerprint density at radius 3 is 2.63 bits per heavy atom. The molecule has 0 bridgehead atoms. The Morgan fingerprint density at radius 1 is 1.17 bits per heavy atom. The number of carbonyl (C=O) groups is 1. The lowest BCUT2D eigenvalue weighted by molar-refractivity contribution is -0.142. The molecule has 154 valence electrons. The van der Waals surface area contributed by atoms with Crippen molar-refractivity contribution in [2.24, 2.45) is 7.05 Å². The van der Waals surface area contributed by atoms with Crippen molar-refractivity contribution in [3.63, 3.8) is 0 Å². The minimum atomic E-state index is -4.67. The van der Waals surface area contributed by atoms with Gasteiger partial charge in [0.15, 0.2) is 5.69 Å². The number of rotatable bonds is 4. The Hall–Kier alpha value is -3.14. The van der Waals surface area contributed by atoms with Crippen LogP contribution >= 0.6 is 15.9 Å². The van der Waals surface area contributed by atoms with E-state index in [2.05, 4.69) is 31.4 Å². The summed E-state index contributed by atoms with van der Waals surface area (Å²) in [6, 6.07) is 13.9. The number of hydrogen-bond acceptors (Lipinski definition) is 3. The van der Waals surface area contributed by atoms with E-state index in [9.17, 15) is 18.0 Å². The van der Waals surface area contributed by atoms with E-state index in [1.807, 2.05) is 42.5 Å². The molecule has 0 saturated carbocycles. The molecule has 0 aliphatic carbocycles. The zero-order valence-electron chi connectivity index (χ0n) is 15.6. The van der Waals surface area contributed by atoms with Crippen LogP contribution in [0.2, 0.25) is 0 Å². The van der Waals surface area contributed by atoms with Crippen LogP contribution in [0.15, 0.2) is 59.3 Å². The highest BCUT2D eigenvalue weighted by atomic mass is 79.9. The zero-order chi connectivity index (χ0) is 21.5. The molecular weight excluding hydrogens is 463 g/mol. The van der Waals surface area contributed by atoms with E-state index in [1.165, 1.54) is 13.2 Å². The third kappa shape index (κ3) is 3.82. The smallest absolute Gasteiger partial charge is 0.318 e. The molecule has 0 aliphatic heterocycles. The van der Waals surface area contributed by atoms with Gasteiger partial charge in [0.25, 0.3) is 5.91 Å². The second kappa shape index (κ2) is 7.60. The Morgan fingerprint density at radius 2 is 1.90 bits per heavy atom. The Bertz CT molecular complexity index is 1240. The summed E-state index contributed by atoms with van der Waals surface area (Å²) in [5.41, 5.74) is 0.0334. The van der Waals surface area contributed by atoms with Gasteiger partial charge in [-0.25, -0.2) is 0 Å². The number of amides is 1. The second-order valence-electron chi connectivity index (χ2n) is 6.65. The summed E-state index contributed by atoms with van der Waals surface area (Å²) in [5.74, 6) is -0.725. The molecule has 0 atom stereocenters. The molecule has 6 nitrogen and oxygen atoms in total. The summed E-state index contributed by atoms with van der Waals surface area (Å²) in [5, 5.41) is 12.4. The lowest BCUT2D eigenvalue weighted by Crippen LogP contribution is -2.16. The predicted molar refractivity (Wildman–Crippen MR) is 109 cm³/mol. The van der Waals surface area contributed by atoms with Crippen LogP contribution < -0.4 is 5.32 Å². The van der Waals surface area contributed by atoms with Gasteiger partial charge in [-0.3, -0.25) is 14.2 Å². The van der Waals surface area contributed by atoms with Gasteiger partial charge >= 0.3 is 6.18 Å². The Labute approximate surface area is 177 Å². The lowest BCUT2D eigenvalue weighted by Gasteiger charge is -2.07. The molecule has 0 aliphatic rings. The fraction of sp³-hybridized carbons (Fsp3) is 0.150. The quantitative estimate of drug-likeness (QED) is 0.456. The third-order valence-electron chi connectivity index (χ3n) is 4.58. The fourth-order valence-corrected chi connectivity index (χ4v) is 3.98. The highest BCUT2D eigenvalue weighted by molar-refractivity contribution is 9.10. The molecule has 2 heterocycles. The second-order valence-corrected chi connectivity index (χ2v) is 7.44. The third-order valence-corrected chi connectivity index (χ3v) is 5.33. The van der Waals surface area contributed by atoms with Crippen LogP contribution in [0, 0.1) is 0 Å². The number of nitrogens with one attached hydrogen (secondary N) is 1. The highest BCUT2D eigenvalue weighted by Gasteiger charge is 2.39. The molecule has 0 unspecified atom stereocenters. The molecule has 4 aromatic rings. The first-order valence-corrected chi connectivity index (χ1v) is 9.63. The normalized spacial score (nSPS) is 11.8. The highest BCUT2D eigenvalue weighted by Crippen LogP contribution is 2.35. The number of aromatic nitrogens is 4. The van der Waals surface area contributed by atoms with E-state index in [0.717, 1.165) is 21.0 Å². The molecule has 10 heteroatoms. The number of anilines is 1. The average molecular weight is 478 g/mol. The van der Waals surface area contributed by atoms with Crippen molar-refractivity contribution < 1.29 is 18.0 Å². The minimum Gasteiger partial charge on any atom is -0.318 e. The first-order chi connectivity index (χ1) is 14.2. The van der Waals surface area contributed by atoms with Gasteiger partial charge in [-0.2, -0.15) is 23.4 Å². The molecular formula is C20H15BrF3N5O. The molecule has 0 spiro atoms. The summed E-state index contributed by atoms with van der Waals surface area (Å²) in [7, 11) is 1.28. The van der Waals surface area contributed by atoms with E-state index in [1.54, 1.807) is 10.9 Å². The van der Waals surface area contributed by atoms with Crippen LogP contribution in [0.3, 0.4) is 0 Å². The van der Waals surface area contributed by atoms with Crippen molar-refractivity contribution >= 4 is 38.3 Å². The molecule has 0 saturated heterocycles. The average Bonchev–Trinajstić information content (AvgIpc) is 3.25. The monoisotopic (exact) mass is 477 g/mol. The van der Waals surface area contributed by atoms with Gasteiger partial charge in [0.1, 0.15) is 5.69 Å². The Kier molecular flexibility index (Phi) is 5.10. The molecule has 2 aromatic heterocycles. The summed E-state index contributed by atoms with van der Waals surface area (Å²) in [6.07, 6.45) is -1.61. The predicted octanol–water partition coefficient (Wildman–Crippen LogP) is 4.85. The number of fused-ring (bicyclic) bond motifs is 1. The van der Waals surface area contributed by atoms with Crippen LogP contribution in [0.1, 0.15) is 21.7 Å². The fourth-order valence-electron chi connectivity index (χ4n) is 3.24. The topological polar surface area (TPSA) is 64.7 Å². The standard InChI is InChI=1S/C20H15BrF3N5O/c1-28-17(16(21)18(27-28)20(22,23)24)19(30)26-14-9-25-29(11-14)10-13-7-4-6-12-5-2-3-8-15(12)13/h2-9,11H,10H2,1H3,(H,26,30). The van der Waals surface area contributed by atoms with Crippen molar-refractivity contribution in [1.29, 1.82) is 0 Å². The van der Waals surface area contributed by atoms with E-state index < -0.39 is 22.3 Å². The van der Waals surface area contributed by atoms with Crippen molar-refractivity contribution in [3.8, 4) is 0 Å². The summed E-state index contributed by atoms with van der Waals surface area (Å²) < 4.78 is 41.1. The summed E-state index contributed by atoms with van der Waals surface area (Å²) >= 11 is 2.84. The van der Waals surface area contributed by atoms with Gasteiger partial charge in [0.2, 0.25) is 0 Å². The number of aryl methyl sites for hydroxylation is 1. The maximum absolute atomic E-state index is 13.0. The van der Waals surface area contributed by atoms with E-state index >= 15 is 0 Å². The van der Waals surface area contributed by atoms with Crippen molar-refractivity contribution in [3.05, 3.63) is 76.3 Å². The molecule has 1 N–H and O–H groups in total. The van der Waals surface area contributed by atoms with Crippen LogP contribution in [0.25, 0.3) is 10.8 Å². The van der Waals surface area contributed by atoms with Crippen LogP contribution in [-0.4, -0.2) is 25.5 Å². The first-order valence-electron chi connectivity index (χ1n) is 8.84. The zero-order valence-corrected chi connectivity index (χ0v) is 17.2. The van der Waals surface area contributed by atoms with Gasteiger partial charge < -0.3 is 5.32 Å². The lowest BCUT2D eigenvalue weighted by atomic mass is 10.0. The number of alkyl halides is 3.